The Bertz CT molecular complexity index is 820. The van der Waals surface area contributed by atoms with Gasteiger partial charge in [0.1, 0.15) is 5.36 Å². The molecule has 0 fully saturated rings. The molecule has 0 radical (unpaired) electrons. The van der Waals surface area contributed by atoms with Crippen molar-refractivity contribution >= 4 is 5.69 Å². The predicted octanol–water partition coefficient (Wildman–Crippen LogP) is 2.77. The number of anilines is 1. The Labute approximate surface area is 142 Å². The average Bonchev–Trinajstić information content (AvgIpc) is 2.59. The molecule has 1 heterocycles. The summed E-state index contributed by atoms with van der Waals surface area (Å²) in [5, 5.41) is 3.46. The zero-order chi connectivity index (χ0) is 17.9. The number of allylic oxidation sites excluding steroid dienone is 1. The summed E-state index contributed by atoms with van der Waals surface area (Å²) < 4.78 is 37.9. The van der Waals surface area contributed by atoms with Crippen LogP contribution in [0, 0.1) is 5.92 Å². The lowest BCUT2D eigenvalue weighted by Crippen LogP contribution is -2.36. The lowest BCUT2D eigenvalue weighted by Gasteiger charge is -2.22. The minimum absolute atomic E-state index is 0.00178. The Balaban J connectivity index is 1.61. The Hall–Kier alpha value is -2.44. The zero-order valence-electron chi connectivity index (χ0n) is 13.5. The van der Waals surface area contributed by atoms with Crippen LogP contribution in [-0.2, 0) is 6.42 Å². The van der Waals surface area contributed by atoms with Gasteiger partial charge in [0, 0.05) is 30.9 Å². The zero-order valence-corrected chi connectivity index (χ0v) is 13.5. The molecular formula is C18H18F3N3O. The van der Waals surface area contributed by atoms with Crippen molar-refractivity contribution in [2.45, 2.75) is 31.5 Å². The van der Waals surface area contributed by atoms with E-state index in [1.54, 1.807) is 6.20 Å². The van der Waals surface area contributed by atoms with Gasteiger partial charge in [-0.1, -0.05) is 18.2 Å². The maximum Gasteiger partial charge on any atom is 0.395 e. The van der Waals surface area contributed by atoms with Crippen LogP contribution in [0.3, 0.4) is 0 Å². The van der Waals surface area contributed by atoms with E-state index in [2.05, 4.69) is 15.3 Å². The monoisotopic (exact) mass is 349 g/mol. The van der Waals surface area contributed by atoms with E-state index in [1.165, 1.54) is 12.1 Å². The second-order valence-corrected chi connectivity index (χ2v) is 6.08. The van der Waals surface area contributed by atoms with Gasteiger partial charge in [0.25, 0.3) is 0 Å². The lowest BCUT2D eigenvalue weighted by molar-refractivity contribution is -0.163. The quantitative estimate of drug-likeness (QED) is 0.845. The van der Waals surface area contributed by atoms with Gasteiger partial charge < -0.3 is 5.32 Å². The molecule has 132 valence electrons. The molecule has 2 atom stereocenters. The SMILES string of the molecule is O=c1cc(NCCc2ccccn2)c1=NC1C=CC(C(F)(F)F)CC1. The van der Waals surface area contributed by atoms with Crippen molar-refractivity contribution in [1.82, 2.24) is 4.98 Å². The first-order valence-corrected chi connectivity index (χ1v) is 8.16. The number of alkyl halides is 3. The van der Waals surface area contributed by atoms with Gasteiger partial charge in [-0.05, 0) is 25.0 Å². The summed E-state index contributed by atoms with van der Waals surface area (Å²) in [6.45, 7) is 0.603. The highest BCUT2D eigenvalue weighted by molar-refractivity contribution is 5.47. The third-order valence-electron chi connectivity index (χ3n) is 4.24. The fourth-order valence-corrected chi connectivity index (χ4v) is 2.81. The molecule has 0 saturated carbocycles. The molecule has 0 amide bonds. The van der Waals surface area contributed by atoms with E-state index in [-0.39, 0.29) is 17.9 Å². The number of rotatable bonds is 5. The van der Waals surface area contributed by atoms with Crippen molar-refractivity contribution in [2.24, 2.45) is 10.9 Å². The van der Waals surface area contributed by atoms with Crippen LogP contribution in [0.5, 0.6) is 0 Å². The van der Waals surface area contributed by atoms with Crippen LogP contribution in [0.25, 0.3) is 0 Å². The van der Waals surface area contributed by atoms with E-state index < -0.39 is 12.1 Å². The maximum atomic E-state index is 12.6. The number of hydrogen-bond donors (Lipinski definition) is 1. The molecule has 1 aromatic heterocycles. The highest BCUT2D eigenvalue weighted by Crippen LogP contribution is 2.34. The van der Waals surface area contributed by atoms with Gasteiger partial charge in [0.05, 0.1) is 17.6 Å². The van der Waals surface area contributed by atoms with Gasteiger partial charge in [-0.3, -0.25) is 14.8 Å². The van der Waals surface area contributed by atoms with Gasteiger partial charge in [0.15, 0.2) is 0 Å². The largest absolute Gasteiger partial charge is 0.395 e. The summed E-state index contributed by atoms with van der Waals surface area (Å²) in [5.41, 5.74) is 1.40. The third kappa shape index (κ3) is 4.35. The van der Waals surface area contributed by atoms with Gasteiger partial charge >= 0.3 is 6.18 Å². The van der Waals surface area contributed by atoms with Gasteiger partial charge in [-0.2, -0.15) is 13.2 Å². The molecule has 0 spiro atoms. The molecule has 1 aromatic carbocycles. The molecule has 25 heavy (non-hydrogen) atoms. The Kier molecular flexibility index (Phi) is 5.01. The molecule has 1 aliphatic rings. The summed E-state index contributed by atoms with van der Waals surface area (Å²) in [4.78, 5) is 20.2. The summed E-state index contributed by atoms with van der Waals surface area (Å²) >= 11 is 0. The van der Waals surface area contributed by atoms with Crippen molar-refractivity contribution in [1.29, 1.82) is 0 Å². The Morgan fingerprint density at radius 2 is 2.08 bits per heavy atom. The number of aromatic nitrogens is 1. The molecule has 4 nitrogen and oxygen atoms in total. The molecule has 1 N–H and O–H groups in total. The van der Waals surface area contributed by atoms with E-state index in [0.29, 0.717) is 30.4 Å². The minimum Gasteiger partial charge on any atom is -0.383 e. The fourth-order valence-electron chi connectivity index (χ4n) is 2.81. The van der Waals surface area contributed by atoms with E-state index in [0.717, 1.165) is 11.8 Å². The number of hydrogen-bond acceptors (Lipinski definition) is 4. The van der Waals surface area contributed by atoms with Crippen molar-refractivity contribution in [3.63, 3.8) is 0 Å². The summed E-state index contributed by atoms with van der Waals surface area (Å²) in [5.74, 6) is -1.41. The third-order valence-corrected chi connectivity index (χ3v) is 4.24. The first-order valence-electron chi connectivity index (χ1n) is 8.16. The molecule has 0 aliphatic heterocycles. The van der Waals surface area contributed by atoms with Crippen LogP contribution >= 0.6 is 0 Å². The first kappa shape index (κ1) is 17.4. The minimum atomic E-state index is -4.21. The topological polar surface area (TPSA) is 54.4 Å². The summed E-state index contributed by atoms with van der Waals surface area (Å²) in [7, 11) is 0. The van der Waals surface area contributed by atoms with Gasteiger partial charge in [-0.25, -0.2) is 0 Å². The molecule has 7 heteroatoms. The number of nitrogens with zero attached hydrogens (tertiary/aromatic N) is 2. The average molecular weight is 349 g/mol. The summed E-state index contributed by atoms with van der Waals surface area (Å²) in [6.07, 6.45) is 1.11. The summed E-state index contributed by atoms with van der Waals surface area (Å²) in [6, 6.07) is 6.75. The lowest BCUT2D eigenvalue weighted by atomic mass is 9.92. The van der Waals surface area contributed by atoms with Crippen molar-refractivity contribution in [3.8, 4) is 0 Å². The predicted molar refractivity (Wildman–Crippen MR) is 88.8 cm³/mol. The van der Waals surface area contributed by atoms with Crippen molar-refractivity contribution in [3.05, 3.63) is 63.9 Å². The first-order chi connectivity index (χ1) is 11.9. The Morgan fingerprint density at radius 3 is 2.68 bits per heavy atom. The second kappa shape index (κ2) is 7.21. The number of halogens is 3. The molecule has 0 saturated heterocycles. The van der Waals surface area contributed by atoms with E-state index in [4.69, 9.17) is 0 Å². The van der Waals surface area contributed by atoms with Crippen molar-refractivity contribution in [2.75, 3.05) is 11.9 Å². The van der Waals surface area contributed by atoms with Crippen LogP contribution in [0.1, 0.15) is 18.5 Å². The van der Waals surface area contributed by atoms with Crippen LogP contribution in [0.2, 0.25) is 0 Å². The molecule has 1 aliphatic carbocycles. The van der Waals surface area contributed by atoms with E-state index >= 15 is 0 Å². The number of pyridine rings is 1. The highest BCUT2D eigenvalue weighted by atomic mass is 19.4. The number of nitrogens with one attached hydrogen (secondary N) is 1. The van der Waals surface area contributed by atoms with Gasteiger partial charge in [0.2, 0.25) is 5.43 Å². The molecular weight excluding hydrogens is 331 g/mol. The normalized spacial score (nSPS) is 21.6. The highest BCUT2D eigenvalue weighted by Gasteiger charge is 2.39. The van der Waals surface area contributed by atoms with Gasteiger partial charge in [-0.15, -0.1) is 0 Å². The molecule has 2 aromatic rings. The fraction of sp³-hybridized carbons (Fsp3) is 0.389. The van der Waals surface area contributed by atoms with Crippen LogP contribution in [0.15, 0.2) is 52.4 Å². The standard InChI is InChI=1S/C18H18F3N3O/c19-18(20,21)12-4-6-14(7-5-12)24-17-15(11-16(17)25)23-10-8-13-3-1-2-9-22-13/h1-4,6,9,11-12,14,23H,5,7-8,10H2. The molecule has 0 bridgehead atoms. The van der Waals surface area contributed by atoms with Crippen LogP contribution in [0.4, 0.5) is 18.9 Å². The second-order valence-electron chi connectivity index (χ2n) is 6.08. The van der Waals surface area contributed by atoms with E-state index in [1.807, 2.05) is 18.2 Å². The van der Waals surface area contributed by atoms with Crippen LogP contribution < -0.4 is 16.1 Å². The van der Waals surface area contributed by atoms with Crippen molar-refractivity contribution < 1.29 is 13.2 Å². The smallest absolute Gasteiger partial charge is 0.383 e. The van der Waals surface area contributed by atoms with Crippen LogP contribution in [-0.4, -0.2) is 23.7 Å². The van der Waals surface area contributed by atoms with E-state index in [9.17, 15) is 18.0 Å². The maximum absolute atomic E-state index is 12.6. The Morgan fingerprint density at radius 1 is 1.24 bits per heavy atom. The molecule has 3 rings (SSSR count). The molecule has 2 unspecified atom stereocenters.